The van der Waals surface area contributed by atoms with Crippen molar-refractivity contribution in [2.45, 2.75) is 34.2 Å². The summed E-state index contributed by atoms with van der Waals surface area (Å²) in [5.41, 5.74) is 5.39. The Kier molecular flexibility index (Phi) is 6.68. The van der Waals surface area contributed by atoms with Gasteiger partial charge in [0.2, 0.25) is 6.79 Å². The summed E-state index contributed by atoms with van der Waals surface area (Å²) >= 11 is 0. The molecule has 4 heterocycles. The van der Waals surface area contributed by atoms with E-state index in [4.69, 9.17) is 24.0 Å². The van der Waals surface area contributed by atoms with Gasteiger partial charge >= 0.3 is 0 Å². The molecule has 6 rings (SSSR count). The molecule has 0 bridgehead atoms. The summed E-state index contributed by atoms with van der Waals surface area (Å²) < 4.78 is 24.8. The summed E-state index contributed by atoms with van der Waals surface area (Å²) in [4.78, 5) is 4.85. The van der Waals surface area contributed by atoms with Crippen LogP contribution in [-0.4, -0.2) is 66.4 Å². The minimum Gasteiger partial charge on any atom is -0.494 e. The molecule has 0 unspecified atom stereocenters. The van der Waals surface area contributed by atoms with E-state index in [-0.39, 0.29) is 0 Å². The number of fused-ring (bicyclic) bond motifs is 2. The number of methoxy groups -OCH3 is 1. The van der Waals surface area contributed by atoms with E-state index >= 15 is 0 Å². The fourth-order valence-electron chi connectivity index (χ4n) is 5.87. The summed E-state index contributed by atoms with van der Waals surface area (Å²) in [6, 6.07) is 12.2. The van der Waals surface area contributed by atoms with Crippen LogP contribution in [0.15, 0.2) is 36.4 Å². The molecule has 0 N–H and O–H groups in total. The molecule has 1 saturated heterocycles. The Morgan fingerprint density at radius 3 is 2.41 bits per heavy atom. The second-order valence-corrected chi connectivity index (χ2v) is 10.1. The quantitative estimate of drug-likeness (QED) is 0.338. The Morgan fingerprint density at radius 1 is 0.872 bits per heavy atom. The highest BCUT2D eigenvalue weighted by atomic mass is 16.7. The normalized spacial score (nSPS) is 15.3. The number of aromatic nitrogens is 3. The van der Waals surface area contributed by atoms with Gasteiger partial charge < -0.3 is 28.4 Å². The molecule has 2 aliphatic rings. The van der Waals surface area contributed by atoms with Crippen LogP contribution in [0, 0.1) is 20.8 Å². The molecule has 0 atom stereocenters. The average Bonchev–Trinajstić information content (AvgIpc) is 3.52. The fraction of sp³-hybridized carbons (Fsp3) is 0.400. The lowest BCUT2D eigenvalue weighted by molar-refractivity contribution is 0.174. The average molecular weight is 530 g/mol. The van der Waals surface area contributed by atoms with Crippen molar-refractivity contribution in [2.24, 2.45) is 0 Å². The lowest BCUT2D eigenvalue weighted by Crippen LogP contribution is -2.46. The fourth-order valence-corrected chi connectivity index (χ4v) is 5.87. The highest BCUT2D eigenvalue weighted by Gasteiger charge is 2.26. The first-order valence-electron chi connectivity index (χ1n) is 13.5. The van der Waals surface area contributed by atoms with Gasteiger partial charge in [-0.25, -0.2) is 0 Å². The van der Waals surface area contributed by atoms with Crippen LogP contribution in [0.25, 0.3) is 16.5 Å². The van der Waals surface area contributed by atoms with Gasteiger partial charge in [0.25, 0.3) is 0 Å². The maximum absolute atomic E-state index is 5.79. The standard InChI is InChI=1S/C30H35N5O4/c1-6-37-23-8-9-24(26(16-23)36-5)35-20(3)28-19(2)31-32-30(29(28)21(35)4)34-13-11-33(12-14-34)17-22-7-10-25-27(15-22)39-18-38-25/h7-10,15-16H,6,11-14,17-18H2,1-5H3. The molecule has 2 aromatic carbocycles. The summed E-state index contributed by atoms with van der Waals surface area (Å²) in [7, 11) is 1.70. The zero-order valence-electron chi connectivity index (χ0n) is 23.3. The molecule has 2 aromatic heterocycles. The zero-order chi connectivity index (χ0) is 27.1. The number of hydrogen-bond donors (Lipinski definition) is 0. The van der Waals surface area contributed by atoms with E-state index in [9.17, 15) is 0 Å². The number of aryl methyl sites for hydroxylation is 3. The molecule has 39 heavy (non-hydrogen) atoms. The Labute approximate surface area is 228 Å². The number of benzene rings is 2. The van der Waals surface area contributed by atoms with Gasteiger partial charge in [-0.1, -0.05) is 6.07 Å². The predicted molar refractivity (Wildman–Crippen MR) is 151 cm³/mol. The third kappa shape index (κ3) is 4.50. The molecule has 4 aromatic rings. The number of nitrogens with zero attached hydrogens (tertiary/aromatic N) is 5. The molecule has 9 nitrogen and oxygen atoms in total. The van der Waals surface area contributed by atoms with Gasteiger partial charge in [0.05, 0.1) is 25.1 Å². The van der Waals surface area contributed by atoms with Crippen LogP contribution in [0.2, 0.25) is 0 Å². The Balaban J connectivity index is 1.29. The van der Waals surface area contributed by atoms with Crippen LogP contribution in [0.1, 0.15) is 29.6 Å². The molecule has 0 saturated carbocycles. The Bertz CT molecular complexity index is 1520. The van der Waals surface area contributed by atoms with Gasteiger partial charge in [-0.15, -0.1) is 5.10 Å². The second kappa shape index (κ2) is 10.3. The molecular weight excluding hydrogens is 494 g/mol. The van der Waals surface area contributed by atoms with Crippen LogP contribution in [0.5, 0.6) is 23.0 Å². The van der Waals surface area contributed by atoms with Crippen molar-refractivity contribution in [3.63, 3.8) is 0 Å². The molecular formula is C30H35N5O4. The van der Waals surface area contributed by atoms with E-state index in [1.807, 2.05) is 32.0 Å². The molecule has 1 fully saturated rings. The van der Waals surface area contributed by atoms with E-state index in [1.165, 1.54) is 5.56 Å². The summed E-state index contributed by atoms with van der Waals surface area (Å²) in [5, 5.41) is 11.6. The van der Waals surface area contributed by atoms with Crippen LogP contribution < -0.4 is 23.8 Å². The van der Waals surface area contributed by atoms with Crippen molar-refractivity contribution in [1.29, 1.82) is 0 Å². The van der Waals surface area contributed by atoms with Crippen molar-refractivity contribution in [1.82, 2.24) is 19.7 Å². The topological polar surface area (TPSA) is 74.1 Å². The number of hydrogen-bond acceptors (Lipinski definition) is 8. The van der Waals surface area contributed by atoms with E-state index in [1.54, 1.807) is 7.11 Å². The zero-order valence-corrected chi connectivity index (χ0v) is 23.3. The van der Waals surface area contributed by atoms with Gasteiger partial charge in [-0.05, 0) is 57.5 Å². The summed E-state index contributed by atoms with van der Waals surface area (Å²) in [6.45, 7) is 13.8. The van der Waals surface area contributed by atoms with E-state index in [0.29, 0.717) is 13.4 Å². The van der Waals surface area contributed by atoms with Crippen LogP contribution in [0.3, 0.4) is 0 Å². The smallest absolute Gasteiger partial charge is 0.231 e. The van der Waals surface area contributed by atoms with Gasteiger partial charge in [-0.3, -0.25) is 4.90 Å². The molecule has 9 heteroatoms. The van der Waals surface area contributed by atoms with Crippen molar-refractivity contribution in [3.8, 4) is 28.7 Å². The van der Waals surface area contributed by atoms with E-state index in [2.05, 4.69) is 51.5 Å². The monoisotopic (exact) mass is 529 g/mol. The third-order valence-corrected chi connectivity index (χ3v) is 7.74. The van der Waals surface area contributed by atoms with Crippen molar-refractivity contribution >= 4 is 16.6 Å². The maximum Gasteiger partial charge on any atom is 0.231 e. The highest BCUT2D eigenvalue weighted by Crippen LogP contribution is 2.39. The van der Waals surface area contributed by atoms with Crippen LogP contribution in [-0.2, 0) is 6.54 Å². The molecule has 204 valence electrons. The van der Waals surface area contributed by atoms with Crippen LogP contribution in [0.4, 0.5) is 5.82 Å². The van der Waals surface area contributed by atoms with Gasteiger partial charge in [0, 0.05) is 61.0 Å². The Morgan fingerprint density at radius 2 is 1.64 bits per heavy atom. The highest BCUT2D eigenvalue weighted by molar-refractivity contribution is 5.99. The van der Waals surface area contributed by atoms with Gasteiger partial charge in [-0.2, -0.15) is 5.10 Å². The minimum atomic E-state index is 0.301. The lowest BCUT2D eigenvalue weighted by atomic mass is 10.1. The summed E-state index contributed by atoms with van der Waals surface area (Å²) in [6.07, 6.45) is 0. The first-order chi connectivity index (χ1) is 19.0. The number of piperazine rings is 1. The van der Waals surface area contributed by atoms with Crippen molar-refractivity contribution in [2.75, 3.05) is 51.6 Å². The van der Waals surface area contributed by atoms with Crippen molar-refractivity contribution < 1.29 is 18.9 Å². The second-order valence-electron chi connectivity index (χ2n) is 10.1. The van der Waals surface area contributed by atoms with E-state index in [0.717, 1.165) is 95.1 Å². The number of anilines is 1. The third-order valence-electron chi connectivity index (χ3n) is 7.74. The largest absolute Gasteiger partial charge is 0.494 e. The first kappa shape index (κ1) is 25.3. The number of ether oxygens (including phenoxy) is 4. The van der Waals surface area contributed by atoms with Crippen LogP contribution >= 0.6 is 0 Å². The number of rotatable bonds is 7. The summed E-state index contributed by atoms with van der Waals surface area (Å²) in [5.74, 6) is 4.17. The van der Waals surface area contributed by atoms with Gasteiger partial charge in [0.1, 0.15) is 11.5 Å². The van der Waals surface area contributed by atoms with E-state index < -0.39 is 0 Å². The molecule has 0 spiro atoms. The molecule has 0 aliphatic carbocycles. The SMILES string of the molecule is CCOc1ccc(-n2c(C)c3c(C)nnc(N4CCN(Cc5ccc6c(c5)OCO6)CC4)c3c2C)c(OC)c1. The maximum atomic E-state index is 5.79. The predicted octanol–water partition coefficient (Wildman–Crippen LogP) is 4.80. The minimum absolute atomic E-state index is 0.301. The molecule has 0 amide bonds. The molecule has 0 radical (unpaired) electrons. The van der Waals surface area contributed by atoms with Gasteiger partial charge in [0.15, 0.2) is 17.3 Å². The lowest BCUT2D eigenvalue weighted by Gasteiger charge is -2.35. The first-order valence-corrected chi connectivity index (χ1v) is 13.5. The molecule has 2 aliphatic heterocycles. The van der Waals surface area contributed by atoms with Crippen molar-refractivity contribution in [3.05, 3.63) is 59.0 Å². The Hall–Kier alpha value is -3.98.